The number of aliphatic imine (C=N–C) groups is 1. The normalized spacial score (nSPS) is 17.5. The SMILES string of the molecule is O=S1(=O)NC(=NCc2ncccc2Cl)Nc2c(I)cccc21. The van der Waals surface area contributed by atoms with E-state index in [1.165, 1.54) is 0 Å². The summed E-state index contributed by atoms with van der Waals surface area (Å²) >= 11 is 8.08. The van der Waals surface area contributed by atoms with Crippen molar-refractivity contribution < 1.29 is 8.42 Å². The molecule has 6 nitrogen and oxygen atoms in total. The summed E-state index contributed by atoms with van der Waals surface area (Å²) in [5.41, 5.74) is 1.10. The molecule has 9 heteroatoms. The van der Waals surface area contributed by atoms with E-state index < -0.39 is 10.0 Å². The average Bonchev–Trinajstić information content (AvgIpc) is 2.47. The Labute approximate surface area is 146 Å². The van der Waals surface area contributed by atoms with Crippen molar-refractivity contribution in [2.24, 2.45) is 4.99 Å². The van der Waals surface area contributed by atoms with Crippen molar-refractivity contribution in [2.75, 3.05) is 5.32 Å². The minimum Gasteiger partial charge on any atom is -0.323 e. The van der Waals surface area contributed by atoms with Crippen molar-refractivity contribution >= 4 is 55.9 Å². The molecule has 0 aliphatic carbocycles. The van der Waals surface area contributed by atoms with E-state index >= 15 is 0 Å². The molecule has 0 radical (unpaired) electrons. The third-order valence-electron chi connectivity index (χ3n) is 2.96. The maximum Gasteiger partial charge on any atom is 0.266 e. The summed E-state index contributed by atoms with van der Waals surface area (Å²) in [5, 5.41) is 3.48. The van der Waals surface area contributed by atoms with Crippen LogP contribution in [0.3, 0.4) is 0 Å². The first-order valence-corrected chi connectivity index (χ1v) is 9.13. The Balaban J connectivity index is 1.94. The summed E-state index contributed by atoms with van der Waals surface area (Å²) in [7, 11) is -3.63. The number of benzene rings is 1. The van der Waals surface area contributed by atoms with E-state index in [1.807, 2.05) is 6.07 Å². The van der Waals surface area contributed by atoms with E-state index in [1.54, 1.807) is 30.5 Å². The van der Waals surface area contributed by atoms with Crippen molar-refractivity contribution in [3.05, 3.63) is 50.8 Å². The highest BCUT2D eigenvalue weighted by Crippen LogP contribution is 2.29. The van der Waals surface area contributed by atoms with Gasteiger partial charge >= 0.3 is 0 Å². The molecule has 0 atom stereocenters. The van der Waals surface area contributed by atoms with Crippen LogP contribution in [0.1, 0.15) is 5.69 Å². The molecule has 22 heavy (non-hydrogen) atoms. The number of hydrogen-bond acceptors (Lipinski definition) is 4. The Hall–Kier alpha value is -1.39. The largest absolute Gasteiger partial charge is 0.323 e. The Morgan fingerprint density at radius 1 is 1.27 bits per heavy atom. The monoisotopic (exact) mass is 448 g/mol. The van der Waals surface area contributed by atoms with Crippen molar-refractivity contribution in [1.82, 2.24) is 9.71 Å². The molecule has 0 saturated heterocycles. The lowest BCUT2D eigenvalue weighted by Crippen LogP contribution is -2.41. The predicted molar refractivity (Wildman–Crippen MR) is 93.5 cm³/mol. The summed E-state index contributed by atoms with van der Waals surface area (Å²) < 4.78 is 27.7. The third-order valence-corrected chi connectivity index (χ3v) is 5.59. The molecule has 3 rings (SSSR count). The van der Waals surface area contributed by atoms with E-state index in [0.29, 0.717) is 16.4 Å². The van der Waals surface area contributed by atoms with Gasteiger partial charge in [-0.15, -0.1) is 0 Å². The van der Waals surface area contributed by atoms with E-state index in [0.717, 1.165) is 3.57 Å². The van der Waals surface area contributed by atoms with Gasteiger partial charge in [-0.2, -0.15) is 0 Å². The van der Waals surface area contributed by atoms with Crippen LogP contribution in [-0.2, 0) is 16.6 Å². The fraction of sp³-hybridized carbons (Fsp3) is 0.0769. The van der Waals surface area contributed by atoms with Crippen molar-refractivity contribution in [3.8, 4) is 0 Å². The van der Waals surface area contributed by atoms with E-state index in [9.17, 15) is 8.42 Å². The highest BCUT2D eigenvalue weighted by atomic mass is 127. The Bertz CT molecular complexity index is 870. The summed E-state index contributed by atoms with van der Waals surface area (Å²) in [6.45, 7) is 0.170. The standard InChI is InChI=1S/C13H10ClIN4O2S/c14-8-3-2-6-16-10(8)7-17-13-18-12-9(15)4-1-5-11(12)22(20,21)19-13/h1-6H,7H2,(H2,17,18,19). The molecule has 0 saturated carbocycles. The first kappa shape index (κ1) is 15.5. The van der Waals surface area contributed by atoms with Crippen molar-refractivity contribution in [3.63, 3.8) is 0 Å². The number of pyridine rings is 1. The second-order valence-electron chi connectivity index (χ2n) is 4.44. The molecule has 114 valence electrons. The van der Waals surface area contributed by atoms with Crippen LogP contribution in [0.25, 0.3) is 0 Å². The van der Waals surface area contributed by atoms with Gasteiger partial charge < -0.3 is 5.32 Å². The molecule has 1 aliphatic rings. The number of anilines is 1. The number of fused-ring (bicyclic) bond motifs is 1. The third kappa shape index (κ3) is 3.03. The molecular weight excluding hydrogens is 439 g/mol. The molecule has 2 aromatic rings. The number of sulfonamides is 1. The molecule has 0 amide bonds. The number of halogens is 2. The second kappa shape index (κ2) is 6.01. The fourth-order valence-electron chi connectivity index (χ4n) is 1.94. The molecule has 2 heterocycles. The molecule has 2 N–H and O–H groups in total. The van der Waals surface area contributed by atoms with Crippen LogP contribution in [-0.4, -0.2) is 19.4 Å². The fourth-order valence-corrected chi connectivity index (χ4v) is 4.10. The predicted octanol–water partition coefficient (Wildman–Crippen LogP) is 2.60. The minimum absolute atomic E-state index is 0.151. The summed E-state index contributed by atoms with van der Waals surface area (Å²) in [6, 6.07) is 8.48. The van der Waals surface area contributed by atoms with E-state index in [4.69, 9.17) is 11.6 Å². The quantitative estimate of drug-likeness (QED) is 0.692. The second-order valence-corrected chi connectivity index (χ2v) is 7.66. The van der Waals surface area contributed by atoms with Gasteiger partial charge in [0.05, 0.1) is 22.9 Å². The highest BCUT2D eigenvalue weighted by molar-refractivity contribution is 14.1. The minimum atomic E-state index is -3.63. The molecule has 0 fully saturated rings. The number of rotatable bonds is 2. The first-order chi connectivity index (χ1) is 10.5. The van der Waals surface area contributed by atoms with Crippen molar-refractivity contribution in [1.29, 1.82) is 0 Å². The van der Waals surface area contributed by atoms with Gasteiger partial charge in [0.1, 0.15) is 4.90 Å². The number of hydrogen-bond donors (Lipinski definition) is 2. The van der Waals surface area contributed by atoms with Gasteiger partial charge in [0.2, 0.25) is 5.96 Å². The number of nitrogens with one attached hydrogen (secondary N) is 2. The Morgan fingerprint density at radius 2 is 2.09 bits per heavy atom. The van der Waals surface area contributed by atoms with Crippen LogP contribution in [0, 0.1) is 3.57 Å². The summed E-state index contributed by atoms with van der Waals surface area (Å²) in [4.78, 5) is 8.53. The molecule has 1 aromatic carbocycles. The molecule has 0 bridgehead atoms. The zero-order valence-corrected chi connectivity index (χ0v) is 14.8. The van der Waals surface area contributed by atoms with Crippen LogP contribution in [0.2, 0.25) is 5.02 Å². The zero-order chi connectivity index (χ0) is 15.7. The number of aromatic nitrogens is 1. The van der Waals surface area contributed by atoms with Gasteiger partial charge in [-0.1, -0.05) is 17.7 Å². The van der Waals surface area contributed by atoms with Gasteiger partial charge in [0, 0.05) is 9.77 Å². The Morgan fingerprint density at radius 3 is 2.86 bits per heavy atom. The lowest BCUT2D eigenvalue weighted by Gasteiger charge is -2.22. The van der Waals surface area contributed by atoms with Gasteiger partial charge in [-0.25, -0.2) is 18.1 Å². The summed E-state index contributed by atoms with van der Waals surface area (Å²) in [5.74, 6) is 0.151. The van der Waals surface area contributed by atoms with Gasteiger partial charge in [-0.05, 0) is 46.9 Å². The lowest BCUT2D eigenvalue weighted by atomic mass is 10.3. The van der Waals surface area contributed by atoms with Crippen LogP contribution in [0.5, 0.6) is 0 Å². The number of nitrogens with zero attached hydrogens (tertiary/aromatic N) is 2. The molecule has 1 aliphatic heterocycles. The van der Waals surface area contributed by atoms with Crippen LogP contribution < -0.4 is 10.0 Å². The van der Waals surface area contributed by atoms with Gasteiger partial charge in [0.25, 0.3) is 10.0 Å². The van der Waals surface area contributed by atoms with Crippen LogP contribution >= 0.6 is 34.2 Å². The maximum atomic E-state index is 12.2. The zero-order valence-electron chi connectivity index (χ0n) is 11.0. The summed E-state index contributed by atoms with van der Waals surface area (Å²) in [6.07, 6.45) is 1.61. The van der Waals surface area contributed by atoms with E-state index in [2.05, 4.69) is 42.6 Å². The van der Waals surface area contributed by atoms with Crippen LogP contribution in [0.4, 0.5) is 5.69 Å². The smallest absolute Gasteiger partial charge is 0.266 e. The molecule has 0 spiro atoms. The average molecular weight is 449 g/mol. The number of guanidine groups is 1. The number of para-hydroxylation sites is 1. The first-order valence-electron chi connectivity index (χ1n) is 6.19. The van der Waals surface area contributed by atoms with Crippen LogP contribution in [0.15, 0.2) is 46.4 Å². The van der Waals surface area contributed by atoms with Gasteiger partial charge in [-0.3, -0.25) is 4.98 Å². The maximum absolute atomic E-state index is 12.2. The van der Waals surface area contributed by atoms with Crippen molar-refractivity contribution in [2.45, 2.75) is 11.4 Å². The van der Waals surface area contributed by atoms with Gasteiger partial charge in [0.15, 0.2) is 0 Å². The lowest BCUT2D eigenvalue weighted by molar-refractivity contribution is 0.591. The molecule has 0 unspecified atom stereocenters. The molecular formula is C13H10ClIN4O2S. The molecule has 1 aromatic heterocycles. The topological polar surface area (TPSA) is 83.5 Å². The van der Waals surface area contributed by atoms with E-state index in [-0.39, 0.29) is 17.4 Å². The Kier molecular flexibility index (Phi) is 4.24. The highest BCUT2D eigenvalue weighted by Gasteiger charge is 2.27.